The summed E-state index contributed by atoms with van der Waals surface area (Å²) in [5.41, 5.74) is 1.14. The van der Waals surface area contributed by atoms with Gasteiger partial charge in [-0.05, 0) is 56.9 Å². The van der Waals surface area contributed by atoms with Crippen LogP contribution in [0, 0.1) is 0 Å². The molecule has 1 aliphatic rings. The second-order valence-electron chi connectivity index (χ2n) is 6.91. The first-order valence-electron chi connectivity index (χ1n) is 8.29. The van der Waals surface area contributed by atoms with Gasteiger partial charge in [-0.15, -0.1) is 0 Å². The van der Waals surface area contributed by atoms with Crippen LogP contribution < -0.4 is 9.64 Å². The lowest BCUT2D eigenvalue weighted by Crippen LogP contribution is -2.53. The van der Waals surface area contributed by atoms with E-state index in [4.69, 9.17) is 4.74 Å². The molecule has 0 spiro atoms. The van der Waals surface area contributed by atoms with Crippen molar-refractivity contribution < 1.29 is 27.4 Å². The van der Waals surface area contributed by atoms with Gasteiger partial charge >= 0.3 is 6.18 Å². The molecule has 0 saturated carbocycles. The van der Waals surface area contributed by atoms with Crippen LogP contribution in [0.5, 0.6) is 5.75 Å². The number of hydrogen-bond donors (Lipinski definition) is 0. The van der Waals surface area contributed by atoms with Crippen LogP contribution >= 0.6 is 0 Å². The maximum absolute atomic E-state index is 12.6. The van der Waals surface area contributed by atoms with Crippen molar-refractivity contribution in [1.82, 2.24) is 0 Å². The summed E-state index contributed by atoms with van der Waals surface area (Å²) in [5, 5.41) is 0. The number of rotatable bonds is 5. The zero-order valence-corrected chi connectivity index (χ0v) is 14.9. The number of carbonyl (C=O) groups is 1. The summed E-state index contributed by atoms with van der Waals surface area (Å²) >= 11 is 0. The first kappa shape index (κ1) is 19.6. The minimum atomic E-state index is -4.45. The zero-order chi connectivity index (χ0) is 18.8. The van der Waals surface area contributed by atoms with Gasteiger partial charge < -0.3 is 14.4 Å². The van der Waals surface area contributed by atoms with E-state index in [0.29, 0.717) is 24.5 Å². The largest absolute Gasteiger partial charge is 0.494 e. The topological polar surface area (TPSA) is 38.8 Å². The number of benzene rings is 1. The minimum absolute atomic E-state index is 0.200. The Morgan fingerprint density at radius 2 is 2.04 bits per heavy atom. The third-order valence-corrected chi connectivity index (χ3v) is 4.23. The van der Waals surface area contributed by atoms with E-state index in [1.807, 2.05) is 26.8 Å². The molecule has 0 saturated heterocycles. The Morgan fingerprint density at radius 3 is 2.64 bits per heavy atom. The first-order chi connectivity index (χ1) is 11.5. The number of alkyl halides is 3. The van der Waals surface area contributed by atoms with Crippen molar-refractivity contribution in [3.8, 4) is 5.75 Å². The van der Waals surface area contributed by atoms with Crippen LogP contribution in [0.15, 0.2) is 18.2 Å². The first-order valence-corrected chi connectivity index (χ1v) is 8.29. The maximum atomic E-state index is 12.6. The summed E-state index contributed by atoms with van der Waals surface area (Å²) in [6.45, 7) is 6.27. The molecule has 0 unspecified atom stereocenters. The molecule has 0 aromatic heterocycles. The Balaban J connectivity index is 2.27. The van der Waals surface area contributed by atoms with Gasteiger partial charge in [-0.1, -0.05) is 6.92 Å². The van der Waals surface area contributed by atoms with Crippen LogP contribution in [0.1, 0.15) is 45.6 Å². The predicted molar refractivity (Wildman–Crippen MR) is 89.1 cm³/mol. The van der Waals surface area contributed by atoms with Crippen molar-refractivity contribution in [3.63, 3.8) is 0 Å². The van der Waals surface area contributed by atoms with Gasteiger partial charge in [-0.3, -0.25) is 4.79 Å². The molecule has 0 N–H and O–H groups in total. The van der Waals surface area contributed by atoms with E-state index < -0.39 is 30.8 Å². The fourth-order valence-electron chi connectivity index (χ4n) is 3.45. The van der Waals surface area contributed by atoms with Gasteiger partial charge in [0.2, 0.25) is 0 Å². The lowest BCUT2D eigenvalue weighted by atomic mass is 9.80. The van der Waals surface area contributed by atoms with Crippen molar-refractivity contribution >= 4 is 11.6 Å². The second kappa shape index (κ2) is 7.23. The minimum Gasteiger partial charge on any atom is -0.494 e. The molecule has 2 rings (SSSR count). The highest BCUT2D eigenvalue weighted by atomic mass is 19.4. The highest BCUT2D eigenvalue weighted by molar-refractivity contribution is 5.97. The molecule has 1 aromatic carbocycles. The molecule has 1 amide bonds. The Morgan fingerprint density at radius 1 is 1.36 bits per heavy atom. The Kier molecular flexibility index (Phi) is 5.66. The summed E-state index contributed by atoms with van der Waals surface area (Å²) < 4.78 is 46.8. The lowest BCUT2D eigenvalue weighted by molar-refractivity contribution is -0.175. The van der Waals surface area contributed by atoms with E-state index in [2.05, 4.69) is 11.7 Å². The second-order valence-corrected chi connectivity index (χ2v) is 6.91. The molecular weight excluding hydrogens is 335 g/mol. The highest BCUT2D eigenvalue weighted by Crippen LogP contribution is 2.44. The number of carbonyl (C=O) groups excluding carboxylic acids is 1. The van der Waals surface area contributed by atoms with Crippen LogP contribution in [-0.4, -0.2) is 37.4 Å². The van der Waals surface area contributed by atoms with Gasteiger partial charge in [-0.2, -0.15) is 13.2 Å². The van der Waals surface area contributed by atoms with Crippen molar-refractivity contribution in [2.45, 2.75) is 51.7 Å². The molecule has 4 nitrogen and oxygen atoms in total. The highest BCUT2D eigenvalue weighted by Gasteiger charge is 2.40. The van der Waals surface area contributed by atoms with Gasteiger partial charge in [0.05, 0.1) is 6.61 Å². The average Bonchev–Trinajstić information content (AvgIpc) is 2.46. The fourth-order valence-corrected chi connectivity index (χ4v) is 3.45. The van der Waals surface area contributed by atoms with E-state index in [9.17, 15) is 18.0 Å². The molecule has 1 aromatic rings. The molecule has 0 radical (unpaired) electrons. The zero-order valence-electron chi connectivity index (χ0n) is 14.9. The summed E-state index contributed by atoms with van der Waals surface area (Å²) in [4.78, 5) is 14.1. The molecule has 25 heavy (non-hydrogen) atoms. The van der Waals surface area contributed by atoms with E-state index in [1.54, 1.807) is 17.0 Å². The third kappa shape index (κ3) is 4.66. The van der Waals surface area contributed by atoms with E-state index >= 15 is 0 Å². The number of anilines is 1. The molecule has 1 aliphatic heterocycles. The summed E-state index contributed by atoms with van der Waals surface area (Å²) in [6.07, 6.45) is -3.75. The molecular formula is C18H24F3NO3. The standard InChI is InChI=1S/C18H24F3NO3/c1-5-25-13-6-7-15-14(8-13)12(2)9-17(3,4)22(15)16(23)10-24-11-18(19,20)21/h6-8,12H,5,9-11H2,1-4H3/t12-/m1/s1. The average molecular weight is 359 g/mol. The summed E-state index contributed by atoms with van der Waals surface area (Å²) in [6, 6.07) is 5.46. The molecule has 7 heteroatoms. The quantitative estimate of drug-likeness (QED) is 0.788. The van der Waals surface area contributed by atoms with Gasteiger partial charge in [0.25, 0.3) is 5.91 Å². The van der Waals surface area contributed by atoms with E-state index in [0.717, 1.165) is 5.56 Å². The summed E-state index contributed by atoms with van der Waals surface area (Å²) in [5.74, 6) is 0.436. The fraction of sp³-hybridized carbons (Fsp3) is 0.611. The SMILES string of the molecule is CCOc1ccc2c(c1)[C@H](C)CC(C)(C)N2C(=O)COCC(F)(F)F. The van der Waals surface area contributed by atoms with E-state index in [1.165, 1.54) is 0 Å². The lowest BCUT2D eigenvalue weighted by Gasteiger charge is -2.46. The van der Waals surface area contributed by atoms with Gasteiger partial charge in [0.15, 0.2) is 0 Å². The van der Waals surface area contributed by atoms with Gasteiger partial charge in [0.1, 0.15) is 19.0 Å². The Bertz CT molecular complexity index is 628. The number of nitrogens with zero attached hydrogens (tertiary/aromatic N) is 1. The van der Waals surface area contributed by atoms with Crippen LogP contribution in [0.4, 0.5) is 18.9 Å². The van der Waals surface area contributed by atoms with Crippen LogP contribution in [0.3, 0.4) is 0 Å². The van der Waals surface area contributed by atoms with Crippen molar-refractivity contribution in [2.24, 2.45) is 0 Å². The predicted octanol–water partition coefficient (Wildman–Crippen LogP) is 4.28. The smallest absolute Gasteiger partial charge is 0.411 e. The van der Waals surface area contributed by atoms with Gasteiger partial charge in [-0.25, -0.2) is 0 Å². The normalized spacial score (nSPS) is 19.5. The van der Waals surface area contributed by atoms with E-state index in [-0.39, 0.29) is 5.92 Å². The molecule has 1 atom stereocenters. The monoisotopic (exact) mass is 359 g/mol. The molecule has 140 valence electrons. The molecule has 0 bridgehead atoms. The number of fused-ring (bicyclic) bond motifs is 1. The van der Waals surface area contributed by atoms with Crippen LogP contribution in [0.2, 0.25) is 0 Å². The Labute approximate surface area is 145 Å². The Hall–Kier alpha value is -1.76. The molecule has 0 aliphatic carbocycles. The molecule has 0 fully saturated rings. The third-order valence-electron chi connectivity index (χ3n) is 4.23. The number of halogens is 3. The summed E-state index contributed by atoms with van der Waals surface area (Å²) in [7, 11) is 0. The molecule has 1 heterocycles. The van der Waals surface area contributed by atoms with Gasteiger partial charge in [0, 0.05) is 11.2 Å². The van der Waals surface area contributed by atoms with Crippen molar-refractivity contribution in [2.75, 3.05) is 24.7 Å². The maximum Gasteiger partial charge on any atom is 0.411 e. The van der Waals surface area contributed by atoms with Crippen LogP contribution in [0.25, 0.3) is 0 Å². The number of amides is 1. The number of ether oxygens (including phenoxy) is 2. The van der Waals surface area contributed by atoms with Crippen molar-refractivity contribution in [3.05, 3.63) is 23.8 Å². The number of hydrogen-bond acceptors (Lipinski definition) is 3. The van der Waals surface area contributed by atoms with Crippen molar-refractivity contribution in [1.29, 1.82) is 0 Å². The van der Waals surface area contributed by atoms with Crippen LogP contribution in [-0.2, 0) is 9.53 Å².